The SMILES string of the molecule is CO[C@H]1CCCC[C@H]1OC(=O)c1ccc(-n2cnnn2)c(C)c1. The lowest BCUT2D eigenvalue weighted by Gasteiger charge is -2.29. The standard InChI is InChI=1S/C16H20N4O3/c1-11-9-12(7-8-13(11)20-10-17-18-19-20)16(21)23-15-6-4-3-5-14(15)22-2/h7-10,14-15H,3-6H2,1-2H3/t14-,15+/m0/s1. The third-order valence-electron chi connectivity index (χ3n) is 4.23. The molecule has 1 aromatic heterocycles. The highest BCUT2D eigenvalue weighted by atomic mass is 16.6. The number of methoxy groups -OCH3 is 1. The van der Waals surface area contributed by atoms with Crippen molar-refractivity contribution in [2.75, 3.05) is 7.11 Å². The molecule has 0 N–H and O–H groups in total. The van der Waals surface area contributed by atoms with Gasteiger partial charge in [-0.15, -0.1) is 5.10 Å². The highest BCUT2D eigenvalue weighted by Crippen LogP contribution is 2.25. The topological polar surface area (TPSA) is 79.1 Å². The lowest BCUT2D eigenvalue weighted by Crippen LogP contribution is -2.35. The molecule has 0 unspecified atom stereocenters. The van der Waals surface area contributed by atoms with Crippen molar-refractivity contribution in [3.63, 3.8) is 0 Å². The highest BCUT2D eigenvalue weighted by molar-refractivity contribution is 5.90. The third kappa shape index (κ3) is 3.39. The van der Waals surface area contributed by atoms with Crippen molar-refractivity contribution < 1.29 is 14.3 Å². The van der Waals surface area contributed by atoms with Gasteiger partial charge in [0.25, 0.3) is 0 Å². The van der Waals surface area contributed by atoms with Crippen LogP contribution in [-0.4, -0.2) is 45.5 Å². The Bertz CT molecular complexity index is 672. The monoisotopic (exact) mass is 316 g/mol. The summed E-state index contributed by atoms with van der Waals surface area (Å²) in [6.45, 7) is 1.91. The smallest absolute Gasteiger partial charge is 0.338 e. The van der Waals surface area contributed by atoms with Crippen molar-refractivity contribution in [1.29, 1.82) is 0 Å². The molecule has 0 bridgehead atoms. The maximum absolute atomic E-state index is 12.4. The number of rotatable bonds is 4. The van der Waals surface area contributed by atoms with Gasteiger partial charge in [-0.05, 0) is 60.4 Å². The first-order valence-electron chi connectivity index (χ1n) is 7.77. The first kappa shape index (κ1) is 15.6. The second-order valence-corrected chi connectivity index (χ2v) is 5.76. The van der Waals surface area contributed by atoms with Crippen LogP contribution in [-0.2, 0) is 9.47 Å². The van der Waals surface area contributed by atoms with Gasteiger partial charge in [0, 0.05) is 7.11 Å². The average Bonchev–Trinajstić information content (AvgIpc) is 3.09. The summed E-state index contributed by atoms with van der Waals surface area (Å²) < 4.78 is 12.6. The lowest BCUT2D eigenvalue weighted by molar-refractivity contribution is -0.0539. The summed E-state index contributed by atoms with van der Waals surface area (Å²) in [5, 5.41) is 11.1. The Morgan fingerprint density at radius 3 is 2.70 bits per heavy atom. The van der Waals surface area contributed by atoms with Crippen molar-refractivity contribution in [3.05, 3.63) is 35.7 Å². The zero-order chi connectivity index (χ0) is 16.2. The van der Waals surface area contributed by atoms with Crippen LogP contribution in [0.4, 0.5) is 0 Å². The molecule has 23 heavy (non-hydrogen) atoms. The van der Waals surface area contributed by atoms with E-state index in [4.69, 9.17) is 9.47 Å². The highest BCUT2D eigenvalue weighted by Gasteiger charge is 2.28. The Balaban J connectivity index is 1.74. The van der Waals surface area contributed by atoms with E-state index in [9.17, 15) is 4.79 Å². The van der Waals surface area contributed by atoms with E-state index >= 15 is 0 Å². The Morgan fingerprint density at radius 2 is 2.04 bits per heavy atom. The van der Waals surface area contributed by atoms with Crippen molar-refractivity contribution in [2.45, 2.75) is 44.8 Å². The van der Waals surface area contributed by atoms with E-state index < -0.39 is 0 Å². The van der Waals surface area contributed by atoms with E-state index in [0.717, 1.165) is 36.9 Å². The van der Waals surface area contributed by atoms with Crippen molar-refractivity contribution in [2.24, 2.45) is 0 Å². The number of carbonyl (C=O) groups is 1. The molecular weight excluding hydrogens is 296 g/mol. The zero-order valence-corrected chi connectivity index (χ0v) is 13.3. The minimum atomic E-state index is -0.315. The van der Waals surface area contributed by atoms with Crippen molar-refractivity contribution >= 4 is 5.97 Å². The predicted octanol–water partition coefficient (Wildman–Crippen LogP) is 2.09. The molecule has 1 saturated carbocycles. The molecule has 0 radical (unpaired) electrons. The van der Waals surface area contributed by atoms with Crippen LogP contribution in [0.3, 0.4) is 0 Å². The maximum Gasteiger partial charge on any atom is 0.338 e. The van der Waals surface area contributed by atoms with E-state index in [0.29, 0.717) is 5.56 Å². The summed E-state index contributed by atoms with van der Waals surface area (Å²) in [5.74, 6) is -0.315. The van der Waals surface area contributed by atoms with Gasteiger partial charge >= 0.3 is 5.97 Å². The van der Waals surface area contributed by atoms with Crippen LogP contribution in [0.25, 0.3) is 5.69 Å². The molecule has 1 aliphatic rings. The number of benzene rings is 1. The molecule has 0 aliphatic heterocycles. The number of aryl methyl sites for hydroxylation is 1. The molecule has 122 valence electrons. The third-order valence-corrected chi connectivity index (χ3v) is 4.23. The van der Waals surface area contributed by atoms with Crippen molar-refractivity contribution in [3.8, 4) is 5.69 Å². The van der Waals surface area contributed by atoms with E-state index in [-0.39, 0.29) is 18.2 Å². The summed E-state index contributed by atoms with van der Waals surface area (Å²) in [7, 11) is 1.67. The van der Waals surface area contributed by atoms with Gasteiger partial charge in [-0.1, -0.05) is 6.42 Å². The van der Waals surface area contributed by atoms with E-state index in [2.05, 4.69) is 15.5 Å². The van der Waals surface area contributed by atoms with Crippen LogP contribution in [0.15, 0.2) is 24.5 Å². The molecule has 0 saturated heterocycles. The Hall–Kier alpha value is -2.28. The summed E-state index contributed by atoms with van der Waals surface area (Å²) in [6.07, 6.45) is 5.32. The van der Waals surface area contributed by atoms with Crippen LogP contribution in [0, 0.1) is 6.92 Å². The molecule has 1 heterocycles. The number of aromatic nitrogens is 4. The normalized spacial score (nSPS) is 21.1. The van der Waals surface area contributed by atoms with Crippen LogP contribution in [0.2, 0.25) is 0 Å². The second kappa shape index (κ2) is 6.87. The van der Waals surface area contributed by atoms with Gasteiger partial charge < -0.3 is 9.47 Å². The molecule has 3 rings (SSSR count). The molecule has 2 aromatic rings. The van der Waals surface area contributed by atoms with E-state index in [1.54, 1.807) is 23.9 Å². The van der Waals surface area contributed by atoms with Gasteiger partial charge in [0.15, 0.2) is 0 Å². The van der Waals surface area contributed by atoms with Gasteiger partial charge in [-0.2, -0.15) is 0 Å². The average molecular weight is 316 g/mol. The van der Waals surface area contributed by atoms with E-state index in [1.807, 2.05) is 13.0 Å². The fraction of sp³-hybridized carbons (Fsp3) is 0.500. The molecular formula is C16H20N4O3. The van der Waals surface area contributed by atoms with Crippen LogP contribution in [0.1, 0.15) is 41.6 Å². The van der Waals surface area contributed by atoms with Crippen molar-refractivity contribution in [1.82, 2.24) is 20.2 Å². The van der Waals surface area contributed by atoms with E-state index in [1.165, 1.54) is 6.33 Å². The maximum atomic E-state index is 12.4. The van der Waals surface area contributed by atoms with Gasteiger partial charge in [-0.3, -0.25) is 0 Å². The molecule has 1 aromatic carbocycles. The Labute approximate surface area is 134 Å². The Kier molecular flexibility index (Phi) is 4.66. The molecule has 0 spiro atoms. The quantitative estimate of drug-likeness (QED) is 0.804. The van der Waals surface area contributed by atoms with Crippen LogP contribution < -0.4 is 0 Å². The number of hydrogen-bond donors (Lipinski definition) is 0. The summed E-state index contributed by atoms with van der Waals surface area (Å²) in [5.41, 5.74) is 2.26. The number of nitrogens with zero attached hydrogens (tertiary/aromatic N) is 4. The van der Waals surface area contributed by atoms with Gasteiger partial charge in [0.05, 0.1) is 17.4 Å². The summed E-state index contributed by atoms with van der Waals surface area (Å²) in [6, 6.07) is 5.35. The minimum Gasteiger partial charge on any atom is -0.456 e. The first-order chi connectivity index (χ1) is 11.2. The number of esters is 1. The largest absolute Gasteiger partial charge is 0.456 e. The fourth-order valence-electron chi connectivity index (χ4n) is 2.98. The van der Waals surface area contributed by atoms with Crippen LogP contribution >= 0.6 is 0 Å². The number of carbonyl (C=O) groups excluding carboxylic acids is 1. The fourth-order valence-corrected chi connectivity index (χ4v) is 2.98. The van der Waals surface area contributed by atoms with Gasteiger partial charge in [0.1, 0.15) is 12.4 Å². The molecule has 7 heteroatoms. The number of ether oxygens (including phenoxy) is 2. The molecule has 0 amide bonds. The summed E-state index contributed by atoms with van der Waals surface area (Å²) in [4.78, 5) is 12.4. The van der Waals surface area contributed by atoms with Gasteiger partial charge in [0.2, 0.25) is 0 Å². The van der Waals surface area contributed by atoms with Crippen LogP contribution in [0.5, 0.6) is 0 Å². The first-order valence-corrected chi connectivity index (χ1v) is 7.77. The molecule has 1 fully saturated rings. The molecule has 2 atom stereocenters. The lowest BCUT2D eigenvalue weighted by atomic mass is 9.94. The number of hydrogen-bond acceptors (Lipinski definition) is 6. The van der Waals surface area contributed by atoms with Gasteiger partial charge in [-0.25, -0.2) is 9.48 Å². The molecule has 7 nitrogen and oxygen atoms in total. The zero-order valence-electron chi connectivity index (χ0n) is 13.3. The number of tetrazole rings is 1. The Morgan fingerprint density at radius 1 is 1.26 bits per heavy atom. The predicted molar refractivity (Wildman–Crippen MR) is 82.4 cm³/mol. The minimum absolute atomic E-state index is 0.00528. The summed E-state index contributed by atoms with van der Waals surface area (Å²) >= 11 is 0. The second-order valence-electron chi connectivity index (χ2n) is 5.76. The molecule has 1 aliphatic carbocycles.